The molecular weight excluding hydrogens is 662 g/mol. The van der Waals surface area contributed by atoms with Crippen molar-refractivity contribution in [1.82, 2.24) is 0 Å². The van der Waals surface area contributed by atoms with Crippen molar-refractivity contribution in [2.75, 3.05) is 27.4 Å². The molecular formula is C40H39Cl2O5P. The molecule has 248 valence electrons. The van der Waals surface area contributed by atoms with Crippen molar-refractivity contribution in [3.63, 3.8) is 0 Å². The Labute approximate surface area is 293 Å². The van der Waals surface area contributed by atoms with E-state index in [2.05, 4.69) is 55.5 Å². The van der Waals surface area contributed by atoms with Crippen LogP contribution in [0.3, 0.4) is 0 Å². The van der Waals surface area contributed by atoms with Gasteiger partial charge < -0.3 is 14.0 Å². The van der Waals surface area contributed by atoms with Crippen molar-refractivity contribution in [3.05, 3.63) is 154 Å². The lowest BCUT2D eigenvalue weighted by atomic mass is 9.79. The second kappa shape index (κ2) is 16.1. The molecule has 0 atom stereocenters. The Morgan fingerprint density at radius 3 is 1.65 bits per heavy atom. The van der Waals surface area contributed by atoms with E-state index < -0.39 is 13.3 Å². The minimum Gasteiger partial charge on any atom is -0.401 e. The van der Waals surface area contributed by atoms with E-state index in [0.29, 0.717) is 39.4 Å². The third-order valence-corrected chi connectivity index (χ3v) is 11.3. The van der Waals surface area contributed by atoms with E-state index in [0.717, 1.165) is 24.8 Å². The Hall–Kier alpha value is -3.70. The molecule has 1 aliphatic rings. The lowest BCUT2D eigenvalue weighted by Gasteiger charge is -2.30. The molecule has 8 heteroatoms. The summed E-state index contributed by atoms with van der Waals surface area (Å²) in [6.45, 7) is 3.40. The fourth-order valence-corrected chi connectivity index (χ4v) is 8.76. The van der Waals surface area contributed by atoms with Gasteiger partial charge in [-0.25, -0.2) is 4.79 Å². The predicted molar refractivity (Wildman–Crippen MR) is 197 cm³/mol. The largest absolute Gasteiger partial charge is 0.401 e. The fourth-order valence-electron chi connectivity index (χ4n) is 6.19. The molecule has 0 aliphatic heterocycles. The molecule has 0 bridgehead atoms. The minimum atomic E-state index is -3.75. The summed E-state index contributed by atoms with van der Waals surface area (Å²) in [4.78, 5) is 12.8. The number of carbonyl (C=O) groups is 1. The molecule has 48 heavy (non-hydrogen) atoms. The van der Waals surface area contributed by atoms with Crippen LogP contribution in [0.2, 0.25) is 10.0 Å². The number of fused-ring (bicyclic) bond motifs is 3. The Kier molecular flexibility index (Phi) is 12.0. The van der Waals surface area contributed by atoms with Crippen LogP contribution in [0.4, 0.5) is 0 Å². The number of benzene rings is 5. The Morgan fingerprint density at radius 1 is 0.688 bits per heavy atom. The van der Waals surface area contributed by atoms with Gasteiger partial charge in [-0.2, -0.15) is 0 Å². The maximum atomic E-state index is 14.0. The summed E-state index contributed by atoms with van der Waals surface area (Å²) in [6, 6.07) is 37.3. The van der Waals surface area contributed by atoms with E-state index >= 15 is 0 Å². The molecule has 0 heterocycles. The van der Waals surface area contributed by atoms with Crippen LogP contribution in [-0.4, -0.2) is 33.4 Å². The summed E-state index contributed by atoms with van der Waals surface area (Å²) >= 11 is 12.2. The van der Waals surface area contributed by atoms with E-state index in [4.69, 9.17) is 37.2 Å². The number of hydrogen-bond donors (Lipinski definition) is 0. The van der Waals surface area contributed by atoms with E-state index in [1.54, 1.807) is 74.9 Å². The van der Waals surface area contributed by atoms with E-state index in [9.17, 15) is 9.36 Å². The highest BCUT2D eigenvalue weighted by Gasteiger charge is 2.43. The van der Waals surface area contributed by atoms with Gasteiger partial charge in [-0.3, -0.25) is 4.57 Å². The maximum absolute atomic E-state index is 14.0. The van der Waals surface area contributed by atoms with Gasteiger partial charge in [0.2, 0.25) is 0 Å². The van der Waals surface area contributed by atoms with E-state index in [1.807, 2.05) is 12.1 Å². The van der Waals surface area contributed by atoms with Crippen LogP contribution in [0.25, 0.3) is 11.1 Å². The van der Waals surface area contributed by atoms with Gasteiger partial charge in [0.15, 0.2) is 0 Å². The third-order valence-electron chi connectivity index (χ3n) is 8.47. The average Bonchev–Trinajstić information content (AvgIpc) is 3.37. The highest BCUT2D eigenvalue weighted by molar-refractivity contribution is 7.74. The van der Waals surface area contributed by atoms with Crippen molar-refractivity contribution in [2.45, 2.75) is 31.6 Å². The quantitative estimate of drug-likeness (QED) is 0.128. The molecule has 1 aliphatic carbocycles. The van der Waals surface area contributed by atoms with Crippen LogP contribution < -0.4 is 10.6 Å². The van der Waals surface area contributed by atoms with Gasteiger partial charge in [-0.05, 0) is 89.2 Å². The van der Waals surface area contributed by atoms with E-state index in [1.165, 1.54) is 22.3 Å². The Balaban J connectivity index is 0.000000204. The first-order chi connectivity index (χ1) is 23.3. The molecule has 0 fully saturated rings. The highest BCUT2D eigenvalue weighted by atomic mass is 35.5. The summed E-state index contributed by atoms with van der Waals surface area (Å²) in [5.41, 5.74) is 6.52. The lowest BCUT2D eigenvalue weighted by molar-refractivity contribution is 0.0747. The van der Waals surface area contributed by atoms with Gasteiger partial charge in [0.1, 0.15) is 0 Å². The number of methoxy groups -OCH3 is 2. The van der Waals surface area contributed by atoms with Crippen molar-refractivity contribution in [1.29, 1.82) is 0 Å². The molecule has 0 saturated heterocycles. The Bertz CT molecular complexity index is 1800. The molecule has 5 nitrogen and oxygen atoms in total. The van der Waals surface area contributed by atoms with Crippen molar-refractivity contribution < 1.29 is 23.4 Å². The number of hydrogen-bond acceptors (Lipinski definition) is 5. The predicted octanol–water partition coefficient (Wildman–Crippen LogP) is 9.67. The number of carbonyl (C=O) groups excluding carboxylic acids is 1. The molecule has 5 aromatic rings. The van der Waals surface area contributed by atoms with Gasteiger partial charge in [-0.1, -0.05) is 109 Å². The number of unbranched alkanes of at least 4 members (excludes halogenated alkanes) is 1. The minimum absolute atomic E-state index is 0.184. The molecule has 6 rings (SSSR count). The van der Waals surface area contributed by atoms with Crippen LogP contribution in [0, 0.1) is 0 Å². The van der Waals surface area contributed by atoms with Crippen molar-refractivity contribution >= 4 is 47.1 Å². The smallest absolute Gasteiger partial charge is 0.343 e. The topological polar surface area (TPSA) is 61.8 Å². The number of ether oxygens (including phenoxy) is 2. The second-order valence-electron chi connectivity index (χ2n) is 11.7. The maximum Gasteiger partial charge on any atom is 0.343 e. The Morgan fingerprint density at radius 2 is 1.19 bits per heavy atom. The molecule has 0 aromatic heterocycles. The van der Waals surface area contributed by atoms with Gasteiger partial charge in [-0.15, -0.1) is 0 Å². The number of halogens is 2. The normalized spacial score (nSPS) is 12.8. The molecule has 0 amide bonds. The van der Waals surface area contributed by atoms with Crippen molar-refractivity contribution in [2.24, 2.45) is 0 Å². The van der Waals surface area contributed by atoms with Crippen LogP contribution in [0.5, 0.6) is 0 Å². The van der Waals surface area contributed by atoms with Gasteiger partial charge in [0.05, 0.1) is 34.8 Å². The fraction of sp³-hybridized carbons (Fsp3) is 0.225. The van der Waals surface area contributed by atoms with Crippen LogP contribution in [0.1, 0.15) is 46.8 Å². The molecule has 0 unspecified atom stereocenters. The molecule has 0 N–H and O–H groups in total. The highest BCUT2D eigenvalue weighted by Crippen LogP contribution is 2.49. The van der Waals surface area contributed by atoms with Gasteiger partial charge in [0.25, 0.3) is 0 Å². The van der Waals surface area contributed by atoms with Gasteiger partial charge in [0, 0.05) is 24.3 Å². The number of aryl methyl sites for hydroxylation is 1. The first-order valence-electron chi connectivity index (χ1n) is 15.9. The zero-order chi connectivity index (χ0) is 34.1. The first-order valence-corrected chi connectivity index (χ1v) is 18.3. The van der Waals surface area contributed by atoms with Crippen LogP contribution >= 0.6 is 30.6 Å². The summed E-state index contributed by atoms with van der Waals surface area (Å²) in [5.74, 6) is -0.657. The van der Waals surface area contributed by atoms with Crippen LogP contribution in [0.15, 0.2) is 121 Å². The van der Waals surface area contributed by atoms with Crippen LogP contribution in [-0.2, 0) is 30.4 Å². The lowest BCUT2D eigenvalue weighted by Crippen LogP contribution is -2.35. The zero-order valence-electron chi connectivity index (χ0n) is 27.3. The third kappa shape index (κ3) is 7.62. The summed E-state index contributed by atoms with van der Waals surface area (Å²) < 4.78 is 30.6. The summed E-state index contributed by atoms with van der Waals surface area (Å²) in [6.07, 6.45) is 3.14. The summed E-state index contributed by atoms with van der Waals surface area (Å²) in [7, 11) is -0.246. The SMILES string of the molecule is CCCCc1ccc(C(=O)OP(=O)(c2cccc(Cl)c2)c2cccc(Cl)c2)cc1.COCC1(COC)c2ccccc2-c2ccccc21. The van der Waals surface area contributed by atoms with E-state index in [-0.39, 0.29) is 5.41 Å². The molecule has 0 spiro atoms. The first kappa shape index (κ1) is 35.6. The standard InChI is InChI=1S/C23H21Cl2O3P.C17H18O2/c1-2-3-6-17-11-13-18(14-12-17)23(26)28-29(27,21-9-4-7-19(24)15-21)22-10-5-8-20(25)16-22;1-18-11-17(12-19-2)15-9-5-3-7-13(15)14-8-4-6-10-16(14)17/h4-5,7-16H,2-3,6H2,1H3;3-10H,11-12H2,1-2H3. The summed E-state index contributed by atoms with van der Waals surface area (Å²) in [5, 5.41) is 1.47. The zero-order valence-corrected chi connectivity index (χ0v) is 29.7. The molecule has 0 radical (unpaired) electrons. The molecule has 5 aromatic carbocycles. The molecule has 0 saturated carbocycles. The number of rotatable bonds is 11. The average molecular weight is 702 g/mol. The second-order valence-corrected chi connectivity index (χ2v) is 14.9. The monoisotopic (exact) mass is 700 g/mol. The van der Waals surface area contributed by atoms with Crippen molar-refractivity contribution in [3.8, 4) is 11.1 Å². The van der Waals surface area contributed by atoms with Gasteiger partial charge >= 0.3 is 13.3 Å².